The van der Waals surface area contributed by atoms with Crippen molar-refractivity contribution < 1.29 is 4.79 Å². The molecule has 1 amide bonds. The van der Waals surface area contributed by atoms with Crippen molar-refractivity contribution in [2.45, 2.75) is 31.2 Å². The molecule has 0 saturated carbocycles. The van der Waals surface area contributed by atoms with Gasteiger partial charge in [-0.15, -0.1) is 0 Å². The van der Waals surface area contributed by atoms with Gasteiger partial charge in [-0.1, -0.05) is 23.7 Å². The van der Waals surface area contributed by atoms with E-state index in [2.05, 4.69) is 20.1 Å². The lowest BCUT2D eigenvalue weighted by molar-refractivity contribution is -0.119. The van der Waals surface area contributed by atoms with Crippen LogP contribution in [0.3, 0.4) is 0 Å². The van der Waals surface area contributed by atoms with Crippen LogP contribution in [-0.2, 0) is 11.2 Å². The van der Waals surface area contributed by atoms with Crippen molar-refractivity contribution in [1.82, 2.24) is 19.5 Å². The summed E-state index contributed by atoms with van der Waals surface area (Å²) in [5.74, 6) is -0.338. The van der Waals surface area contributed by atoms with Crippen molar-refractivity contribution in [3.05, 3.63) is 81.5 Å². The van der Waals surface area contributed by atoms with Gasteiger partial charge >= 0.3 is 0 Å². The van der Waals surface area contributed by atoms with Crippen molar-refractivity contribution in [1.29, 1.82) is 0 Å². The molecule has 0 bridgehead atoms. The summed E-state index contributed by atoms with van der Waals surface area (Å²) in [7, 11) is 0. The van der Waals surface area contributed by atoms with Gasteiger partial charge in [0, 0.05) is 41.5 Å². The molecular weight excluding hydrogens is 422 g/mol. The van der Waals surface area contributed by atoms with Crippen molar-refractivity contribution in [3.8, 4) is 0 Å². The molecule has 3 rings (SSSR count). The summed E-state index contributed by atoms with van der Waals surface area (Å²) in [5, 5.41) is 7.02. The Morgan fingerprint density at radius 1 is 1.27 bits per heavy atom. The number of hydrogen-bond acceptors (Lipinski definition) is 6. The molecule has 0 fully saturated rings. The maximum Gasteiger partial charge on any atom is 0.268 e. The molecule has 0 aliphatic carbocycles. The molecule has 2 heterocycles. The molecule has 0 spiro atoms. The summed E-state index contributed by atoms with van der Waals surface area (Å²) >= 11 is 7.27. The first-order valence-electron chi connectivity index (χ1n) is 9.39. The minimum Gasteiger partial charge on any atom is -0.324 e. The minimum atomic E-state index is -0.774. The fraction of sp³-hybridized carbons (Fsp3) is 0.238. The Morgan fingerprint density at radius 2 is 2.10 bits per heavy atom. The van der Waals surface area contributed by atoms with Crippen LogP contribution in [0.25, 0.3) is 0 Å². The average Bonchev–Trinajstić information content (AvgIpc) is 2.73. The van der Waals surface area contributed by atoms with Gasteiger partial charge in [0.1, 0.15) is 6.04 Å². The van der Waals surface area contributed by atoms with Gasteiger partial charge in [-0.25, -0.2) is 4.68 Å². The SMILES string of the molecule is Cc1ccc(NC(=O)C(C)n2ncc(Cl)cc2=O)cc1SNCCc1ccccn1. The summed E-state index contributed by atoms with van der Waals surface area (Å²) < 4.78 is 4.43. The number of carbonyl (C=O) groups is 1. The lowest BCUT2D eigenvalue weighted by Gasteiger charge is -2.15. The van der Waals surface area contributed by atoms with E-state index < -0.39 is 11.6 Å². The van der Waals surface area contributed by atoms with E-state index in [0.29, 0.717) is 5.69 Å². The van der Waals surface area contributed by atoms with Crippen LogP contribution in [-0.4, -0.2) is 27.2 Å². The Bertz CT molecular complexity index is 1070. The van der Waals surface area contributed by atoms with Gasteiger partial charge in [-0.05, 0) is 55.6 Å². The van der Waals surface area contributed by atoms with E-state index in [4.69, 9.17) is 11.6 Å². The van der Waals surface area contributed by atoms with Crippen molar-refractivity contribution in [2.24, 2.45) is 0 Å². The topological polar surface area (TPSA) is 88.9 Å². The zero-order chi connectivity index (χ0) is 21.5. The van der Waals surface area contributed by atoms with Crippen LogP contribution < -0.4 is 15.6 Å². The van der Waals surface area contributed by atoms with Crippen LogP contribution in [0.15, 0.2) is 64.5 Å². The van der Waals surface area contributed by atoms with Crippen LogP contribution >= 0.6 is 23.5 Å². The summed E-state index contributed by atoms with van der Waals surface area (Å²) in [6.45, 7) is 4.38. The van der Waals surface area contributed by atoms with Crippen LogP contribution in [0.4, 0.5) is 5.69 Å². The van der Waals surface area contributed by atoms with E-state index in [1.807, 2.05) is 43.3 Å². The molecule has 7 nitrogen and oxygen atoms in total. The molecule has 0 aliphatic rings. The Labute approximate surface area is 184 Å². The molecule has 1 aromatic carbocycles. The first-order chi connectivity index (χ1) is 14.4. The largest absolute Gasteiger partial charge is 0.324 e. The molecule has 0 saturated heterocycles. The third-order valence-corrected chi connectivity index (χ3v) is 5.60. The number of pyridine rings is 1. The van der Waals surface area contributed by atoms with Crippen LogP contribution in [0, 0.1) is 6.92 Å². The van der Waals surface area contributed by atoms with Gasteiger partial charge in [-0.2, -0.15) is 5.10 Å². The molecule has 9 heteroatoms. The number of benzene rings is 1. The summed E-state index contributed by atoms with van der Waals surface area (Å²) in [6.07, 6.45) is 3.95. The van der Waals surface area contributed by atoms with Crippen LogP contribution in [0.1, 0.15) is 24.2 Å². The summed E-state index contributed by atoms with van der Waals surface area (Å²) in [6, 6.07) is 12.0. The predicted octanol–water partition coefficient (Wildman–Crippen LogP) is 3.64. The molecule has 30 heavy (non-hydrogen) atoms. The molecule has 1 atom stereocenters. The lowest BCUT2D eigenvalue weighted by Crippen LogP contribution is -2.32. The van der Waals surface area contributed by atoms with Gasteiger partial charge in [0.15, 0.2) is 0 Å². The van der Waals surface area contributed by atoms with Crippen molar-refractivity contribution >= 4 is 35.1 Å². The normalized spacial score (nSPS) is 11.8. The number of halogens is 1. The van der Waals surface area contributed by atoms with Crippen LogP contribution in [0.5, 0.6) is 0 Å². The Kier molecular flexibility index (Phi) is 7.62. The molecular formula is C21H22ClN5O2S. The Hall–Kier alpha value is -2.68. The molecule has 156 valence electrons. The zero-order valence-corrected chi connectivity index (χ0v) is 18.2. The van der Waals surface area contributed by atoms with Gasteiger partial charge in [0.05, 0.1) is 11.2 Å². The second-order valence-corrected chi connectivity index (χ2v) is 8.04. The summed E-state index contributed by atoms with van der Waals surface area (Å²) in [5.41, 5.74) is 2.34. The number of nitrogens with zero attached hydrogens (tertiary/aromatic N) is 3. The first kappa shape index (κ1) is 22.0. The van der Waals surface area contributed by atoms with E-state index in [0.717, 1.165) is 33.8 Å². The average molecular weight is 444 g/mol. The number of rotatable bonds is 8. The fourth-order valence-corrected chi connectivity index (χ4v) is 3.60. The lowest BCUT2D eigenvalue weighted by atomic mass is 10.2. The number of aromatic nitrogens is 3. The van der Waals surface area contributed by atoms with E-state index in [9.17, 15) is 9.59 Å². The molecule has 0 aliphatic heterocycles. The molecule has 2 N–H and O–H groups in total. The third-order valence-electron chi connectivity index (χ3n) is 4.39. The number of nitrogens with one attached hydrogen (secondary N) is 2. The number of aryl methyl sites for hydroxylation is 1. The third kappa shape index (κ3) is 5.91. The highest BCUT2D eigenvalue weighted by molar-refractivity contribution is 7.97. The van der Waals surface area contributed by atoms with E-state index in [1.54, 1.807) is 13.1 Å². The smallest absolute Gasteiger partial charge is 0.268 e. The molecule has 2 aromatic heterocycles. The second-order valence-electron chi connectivity index (χ2n) is 6.67. The maximum atomic E-state index is 12.6. The highest BCUT2D eigenvalue weighted by atomic mass is 35.5. The standard InChI is InChI=1S/C21H22ClN5O2S/c1-14-6-7-18(12-19(14)30-25-10-8-17-5-3-4-9-23-17)26-21(29)15(2)27-20(28)11-16(22)13-24-27/h3-7,9,11-13,15,25H,8,10H2,1-2H3,(H,26,29). The monoisotopic (exact) mass is 443 g/mol. The number of carbonyl (C=O) groups excluding carboxylic acids is 1. The van der Waals surface area contributed by atoms with Gasteiger partial charge in [0.2, 0.25) is 5.91 Å². The second kappa shape index (κ2) is 10.4. The molecule has 1 unspecified atom stereocenters. The molecule has 0 radical (unpaired) electrons. The van der Waals surface area contributed by atoms with E-state index in [1.165, 1.54) is 24.2 Å². The quantitative estimate of drug-likeness (QED) is 0.408. The van der Waals surface area contributed by atoms with Gasteiger partial charge in [0.25, 0.3) is 5.56 Å². The zero-order valence-electron chi connectivity index (χ0n) is 16.6. The Morgan fingerprint density at radius 3 is 2.83 bits per heavy atom. The van der Waals surface area contributed by atoms with Crippen molar-refractivity contribution in [2.75, 3.05) is 11.9 Å². The number of hydrogen-bond donors (Lipinski definition) is 2. The number of anilines is 1. The van der Waals surface area contributed by atoms with Gasteiger partial charge in [-0.3, -0.25) is 19.3 Å². The van der Waals surface area contributed by atoms with Crippen LogP contribution in [0.2, 0.25) is 5.02 Å². The van der Waals surface area contributed by atoms with Gasteiger partial charge < -0.3 is 5.32 Å². The van der Waals surface area contributed by atoms with E-state index >= 15 is 0 Å². The minimum absolute atomic E-state index is 0.236. The fourth-order valence-electron chi connectivity index (χ4n) is 2.69. The molecule has 3 aromatic rings. The first-order valence-corrected chi connectivity index (χ1v) is 10.6. The highest BCUT2D eigenvalue weighted by Crippen LogP contribution is 2.24. The number of amides is 1. The summed E-state index contributed by atoms with van der Waals surface area (Å²) in [4.78, 5) is 29.9. The highest BCUT2D eigenvalue weighted by Gasteiger charge is 2.18. The maximum absolute atomic E-state index is 12.6. The predicted molar refractivity (Wildman–Crippen MR) is 120 cm³/mol. The van der Waals surface area contributed by atoms with E-state index in [-0.39, 0.29) is 10.9 Å². The Balaban J connectivity index is 1.60. The van der Waals surface area contributed by atoms with Crippen molar-refractivity contribution in [3.63, 3.8) is 0 Å².